The van der Waals surface area contributed by atoms with E-state index in [2.05, 4.69) is 15.9 Å². The van der Waals surface area contributed by atoms with E-state index < -0.39 is 6.10 Å². The summed E-state index contributed by atoms with van der Waals surface area (Å²) in [6.45, 7) is 4.25. The minimum absolute atomic E-state index is 0.152. The van der Waals surface area contributed by atoms with Crippen LogP contribution in [0.5, 0.6) is 11.5 Å². The standard InChI is InChI=1S/C20H24Cl2N2O3/c1-26-17-5-2-4-15(12-17)24-10-8-23(9-11-24)13-16(25)14-27-20-18(21)6-3-7-19(20)22/h2-7,12,16,25H,8-11,13-14H2,1H3. The van der Waals surface area contributed by atoms with Gasteiger partial charge in [0.05, 0.1) is 17.2 Å². The second kappa shape index (κ2) is 9.51. The zero-order valence-corrected chi connectivity index (χ0v) is 16.8. The highest BCUT2D eigenvalue weighted by molar-refractivity contribution is 6.37. The summed E-state index contributed by atoms with van der Waals surface area (Å²) in [5, 5.41) is 11.2. The van der Waals surface area contributed by atoms with Gasteiger partial charge in [-0.15, -0.1) is 0 Å². The van der Waals surface area contributed by atoms with Gasteiger partial charge in [0.25, 0.3) is 0 Å². The van der Waals surface area contributed by atoms with Crippen molar-refractivity contribution in [3.63, 3.8) is 0 Å². The van der Waals surface area contributed by atoms with Crippen molar-refractivity contribution in [3.8, 4) is 11.5 Å². The van der Waals surface area contributed by atoms with E-state index in [0.717, 1.165) is 37.6 Å². The fourth-order valence-electron chi connectivity index (χ4n) is 3.15. The minimum atomic E-state index is -0.610. The van der Waals surface area contributed by atoms with E-state index in [9.17, 15) is 5.11 Å². The van der Waals surface area contributed by atoms with Crippen LogP contribution in [-0.4, -0.2) is 62.6 Å². The van der Waals surface area contributed by atoms with Crippen LogP contribution in [0.15, 0.2) is 42.5 Å². The number of nitrogens with zero attached hydrogens (tertiary/aromatic N) is 2. The van der Waals surface area contributed by atoms with Crippen molar-refractivity contribution in [2.24, 2.45) is 0 Å². The van der Waals surface area contributed by atoms with Crippen molar-refractivity contribution in [2.45, 2.75) is 6.10 Å². The molecule has 146 valence electrons. The molecule has 7 heteroatoms. The van der Waals surface area contributed by atoms with Gasteiger partial charge in [0.15, 0.2) is 5.75 Å². The summed E-state index contributed by atoms with van der Waals surface area (Å²) in [6.07, 6.45) is -0.610. The Labute approximate surface area is 170 Å². The summed E-state index contributed by atoms with van der Waals surface area (Å²) in [5.41, 5.74) is 1.16. The molecule has 1 N–H and O–H groups in total. The molecule has 1 atom stereocenters. The highest BCUT2D eigenvalue weighted by Crippen LogP contribution is 2.32. The normalized spacial score (nSPS) is 16.2. The number of aliphatic hydroxyl groups is 1. The lowest BCUT2D eigenvalue weighted by Gasteiger charge is -2.37. The zero-order valence-electron chi connectivity index (χ0n) is 15.3. The first-order valence-electron chi connectivity index (χ1n) is 8.93. The van der Waals surface area contributed by atoms with E-state index in [0.29, 0.717) is 22.3 Å². The molecule has 1 saturated heterocycles. The fourth-order valence-corrected chi connectivity index (χ4v) is 3.65. The highest BCUT2D eigenvalue weighted by atomic mass is 35.5. The van der Waals surface area contributed by atoms with Crippen LogP contribution < -0.4 is 14.4 Å². The Morgan fingerprint density at radius 3 is 2.37 bits per heavy atom. The van der Waals surface area contributed by atoms with Crippen molar-refractivity contribution < 1.29 is 14.6 Å². The molecule has 3 rings (SSSR count). The lowest BCUT2D eigenvalue weighted by atomic mass is 10.2. The molecule has 2 aromatic rings. The highest BCUT2D eigenvalue weighted by Gasteiger charge is 2.20. The van der Waals surface area contributed by atoms with Gasteiger partial charge in [-0.25, -0.2) is 0 Å². The molecule has 2 aromatic carbocycles. The molecule has 0 aromatic heterocycles. The van der Waals surface area contributed by atoms with Crippen LogP contribution >= 0.6 is 23.2 Å². The van der Waals surface area contributed by atoms with E-state index >= 15 is 0 Å². The van der Waals surface area contributed by atoms with E-state index in [1.165, 1.54) is 0 Å². The smallest absolute Gasteiger partial charge is 0.156 e. The van der Waals surface area contributed by atoms with Gasteiger partial charge in [-0.2, -0.15) is 0 Å². The first kappa shape index (κ1) is 20.1. The Hall–Kier alpha value is -1.66. The molecule has 0 amide bonds. The summed E-state index contributed by atoms with van der Waals surface area (Å²) < 4.78 is 10.9. The fraction of sp³-hybridized carbons (Fsp3) is 0.400. The number of benzene rings is 2. The maximum atomic E-state index is 10.3. The molecular weight excluding hydrogens is 387 g/mol. The van der Waals surface area contributed by atoms with Crippen LogP contribution in [-0.2, 0) is 0 Å². The van der Waals surface area contributed by atoms with Crippen molar-refractivity contribution in [2.75, 3.05) is 51.3 Å². The van der Waals surface area contributed by atoms with Gasteiger partial charge in [0.1, 0.15) is 18.5 Å². The average molecular weight is 411 g/mol. The monoisotopic (exact) mass is 410 g/mol. The largest absolute Gasteiger partial charge is 0.497 e. The molecule has 0 bridgehead atoms. The van der Waals surface area contributed by atoms with E-state index in [4.69, 9.17) is 32.7 Å². The van der Waals surface area contributed by atoms with Crippen LogP contribution in [0.2, 0.25) is 10.0 Å². The summed E-state index contributed by atoms with van der Waals surface area (Å²) in [6, 6.07) is 13.3. The summed E-state index contributed by atoms with van der Waals surface area (Å²) in [4.78, 5) is 4.56. The molecule has 0 radical (unpaired) electrons. The molecule has 0 saturated carbocycles. The Balaban J connectivity index is 1.46. The van der Waals surface area contributed by atoms with Gasteiger partial charge in [-0.1, -0.05) is 35.3 Å². The van der Waals surface area contributed by atoms with Crippen LogP contribution in [0.1, 0.15) is 0 Å². The SMILES string of the molecule is COc1cccc(N2CCN(CC(O)COc3c(Cl)cccc3Cl)CC2)c1. The maximum absolute atomic E-state index is 10.3. The van der Waals surface area contributed by atoms with Gasteiger partial charge in [-0.3, -0.25) is 4.90 Å². The molecule has 1 fully saturated rings. The molecule has 1 unspecified atom stereocenters. The number of rotatable bonds is 7. The molecule has 0 aliphatic carbocycles. The molecular formula is C20H24Cl2N2O3. The van der Waals surface area contributed by atoms with Crippen LogP contribution in [0.3, 0.4) is 0 Å². The van der Waals surface area contributed by atoms with Crippen molar-refractivity contribution >= 4 is 28.9 Å². The Bertz CT molecular complexity index is 732. The first-order chi connectivity index (χ1) is 13.1. The van der Waals surface area contributed by atoms with Crippen LogP contribution in [0, 0.1) is 0 Å². The number of hydrogen-bond acceptors (Lipinski definition) is 5. The van der Waals surface area contributed by atoms with E-state index in [1.54, 1.807) is 25.3 Å². The molecule has 1 aliphatic heterocycles. The van der Waals surface area contributed by atoms with Crippen molar-refractivity contribution in [1.82, 2.24) is 4.90 Å². The molecule has 27 heavy (non-hydrogen) atoms. The minimum Gasteiger partial charge on any atom is -0.497 e. The number of methoxy groups -OCH3 is 1. The lowest BCUT2D eigenvalue weighted by Crippen LogP contribution is -2.49. The number of halogens is 2. The Morgan fingerprint density at radius 1 is 1.04 bits per heavy atom. The van der Waals surface area contributed by atoms with Gasteiger partial charge in [0.2, 0.25) is 0 Å². The summed E-state index contributed by atoms with van der Waals surface area (Å²) in [7, 11) is 1.68. The predicted molar refractivity (Wildman–Crippen MR) is 110 cm³/mol. The van der Waals surface area contributed by atoms with E-state index in [-0.39, 0.29) is 6.61 Å². The number of anilines is 1. The predicted octanol–water partition coefficient (Wildman–Crippen LogP) is 3.56. The molecule has 5 nitrogen and oxygen atoms in total. The summed E-state index contributed by atoms with van der Waals surface area (Å²) >= 11 is 12.2. The van der Waals surface area contributed by atoms with Gasteiger partial charge in [0, 0.05) is 44.5 Å². The van der Waals surface area contributed by atoms with Gasteiger partial charge < -0.3 is 19.5 Å². The van der Waals surface area contributed by atoms with Crippen molar-refractivity contribution in [3.05, 3.63) is 52.5 Å². The van der Waals surface area contributed by atoms with Gasteiger partial charge in [-0.05, 0) is 24.3 Å². The van der Waals surface area contributed by atoms with Crippen molar-refractivity contribution in [1.29, 1.82) is 0 Å². The second-order valence-electron chi connectivity index (χ2n) is 6.50. The number of piperazine rings is 1. The number of hydrogen-bond donors (Lipinski definition) is 1. The molecule has 0 spiro atoms. The topological polar surface area (TPSA) is 45.2 Å². The molecule has 1 aliphatic rings. The number of ether oxygens (including phenoxy) is 2. The quantitative estimate of drug-likeness (QED) is 0.755. The number of para-hydroxylation sites is 1. The lowest BCUT2D eigenvalue weighted by molar-refractivity contribution is 0.0664. The third-order valence-corrected chi connectivity index (χ3v) is 5.19. The Morgan fingerprint density at radius 2 is 1.70 bits per heavy atom. The van der Waals surface area contributed by atoms with Gasteiger partial charge >= 0.3 is 0 Å². The van der Waals surface area contributed by atoms with E-state index in [1.807, 2.05) is 18.2 Å². The third-order valence-electron chi connectivity index (χ3n) is 4.60. The number of β-amino-alcohol motifs (C(OH)–C–C–N with tert-alkyl or cyclic N) is 1. The van der Waals surface area contributed by atoms with Crippen LogP contribution in [0.4, 0.5) is 5.69 Å². The van der Waals surface area contributed by atoms with Crippen LogP contribution in [0.25, 0.3) is 0 Å². The summed E-state index contributed by atoms with van der Waals surface area (Å²) in [5.74, 6) is 1.28. The second-order valence-corrected chi connectivity index (χ2v) is 7.32. The maximum Gasteiger partial charge on any atom is 0.156 e. The number of aliphatic hydroxyl groups excluding tert-OH is 1. The Kier molecular flexibility index (Phi) is 7.07. The third kappa shape index (κ3) is 5.42. The molecule has 1 heterocycles. The average Bonchev–Trinajstić information content (AvgIpc) is 2.68. The first-order valence-corrected chi connectivity index (χ1v) is 9.68. The zero-order chi connectivity index (χ0) is 19.2.